The molecule has 0 aliphatic carbocycles. The first-order chi connectivity index (χ1) is 12.7. The molecule has 2 heterocycles. The van der Waals surface area contributed by atoms with Crippen molar-refractivity contribution in [3.8, 4) is 11.5 Å². The van der Waals surface area contributed by atoms with E-state index in [-0.39, 0.29) is 0 Å². The fourth-order valence-electron chi connectivity index (χ4n) is 3.53. The van der Waals surface area contributed by atoms with Crippen molar-refractivity contribution in [3.05, 3.63) is 23.8 Å². The molecule has 0 amide bonds. The molecule has 6 heteroatoms. The molecular weight excluding hydrogens is 328 g/mol. The summed E-state index contributed by atoms with van der Waals surface area (Å²) in [6, 6.07) is 6.64. The van der Waals surface area contributed by atoms with Crippen molar-refractivity contribution in [2.45, 2.75) is 46.2 Å². The monoisotopic (exact) mass is 360 g/mol. The number of nitrogens with one attached hydrogen (secondary N) is 2. The summed E-state index contributed by atoms with van der Waals surface area (Å²) in [6.07, 6.45) is 2.58. The minimum Gasteiger partial charge on any atom is -0.454 e. The molecule has 2 N–H and O–H groups in total. The minimum atomic E-state index is 0.307. The number of hydrogen-bond donors (Lipinski definition) is 2. The SMILES string of the molecule is CCNC(=NCc1ccc2c(c1)OCO2)NCC1CCCN(C(C)C)C1. The van der Waals surface area contributed by atoms with E-state index in [0.29, 0.717) is 25.3 Å². The molecule has 6 nitrogen and oxygen atoms in total. The molecule has 0 bridgehead atoms. The fourth-order valence-corrected chi connectivity index (χ4v) is 3.53. The van der Waals surface area contributed by atoms with Crippen molar-refractivity contribution in [1.82, 2.24) is 15.5 Å². The van der Waals surface area contributed by atoms with Gasteiger partial charge in [-0.2, -0.15) is 0 Å². The number of hydrogen-bond acceptors (Lipinski definition) is 4. The van der Waals surface area contributed by atoms with Gasteiger partial charge in [0.25, 0.3) is 0 Å². The zero-order chi connectivity index (χ0) is 18.4. The Hall–Kier alpha value is -1.95. The first-order valence-electron chi connectivity index (χ1n) is 9.80. The van der Waals surface area contributed by atoms with E-state index in [4.69, 9.17) is 14.5 Å². The van der Waals surface area contributed by atoms with Gasteiger partial charge in [-0.1, -0.05) is 6.07 Å². The smallest absolute Gasteiger partial charge is 0.231 e. The highest BCUT2D eigenvalue weighted by atomic mass is 16.7. The highest BCUT2D eigenvalue weighted by Gasteiger charge is 2.21. The predicted octanol–water partition coefficient (Wildman–Crippen LogP) is 2.59. The maximum Gasteiger partial charge on any atom is 0.231 e. The van der Waals surface area contributed by atoms with Crippen LogP contribution in [0, 0.1) is 5.92 Å². The molecule has 144 valence electrons. The van der Waals surface area contributed by atoms with Crippen LogP contribution in [0.2, 0.25) is 0 Å². The van der Waals surface area contributed by atoms with Gasteiger partial charge in [-0.05, 0) is 63.8 Å². The zero-order valence-electron chi connectivity index (χ0n) is 16.3. The van der Waals surface area contributed by atoms with Crippen molar-refractivity contribution in [2.75, 3.05) is 33.0 Å². The molecule has 26 heavy (non-hydrogen) atoms. The lowest BCUT2D eigenvalue weighted by Gasteiger charge is -2.35. The number of ether oxygens (including phenoxy) is 2. The van der Waals surface area contributed by atoms with E-state index < -0.39 is 0 Å². The van der Waals surface area contributed by atoms with Gasteiger partial charge in [0.15, 0.2) is 17.5 Å². The lowest BCUT2D eigenvalue weighted by atomic mass is 9.97. The third-order valence-electron chi connectivity index (χ3n) is 5.04. The lowest BCUT2D eigenvalue weighted by Crippen LogP contribution is -2.46. The van der Waals surface area contributed by atoms with Crippen molar-refractivity contribution in [3.63, 3.8) is 0 Å². The van der Waals surface area contributed by atoms with Crippen LogP contribution in [-0.4, -0.2) is 49.9 Å². The molecule has 1 fully saturated rings. The van der Waals surface area contributed by atoms with Crippen LogP contribution >= 0.6 is 0 Å². The normalized spacial score (nSPS) is 20.5. The Morgan fingerprint density at radius 1 is 1.27 bits per heavy atom. The topological polar surface area (TPSA) is 58.1 Å². The van der Waals surface area contributed by atoms with Gasteiger partial charge in [-0.25, -0.2) is 4.99 Å². The predicted molar refractivity (Wildman–Crippen MR) is 105 cm³/mol. The molecule has 1 atom stereocenters. The summed E-state index contributed by atoms with van der Waals surface area (Å²) in [5, 5.41) is 6.88. The van der Waals surface area contributed by atoms with E-state index in [2.05, 4.69) is 36.3 Å². The van der Waals surface area contributed by atoms with Crippen LogP contribution in [0.15, 0.2) is 23.2 Å². The first-order valence-corrected chi connectivity index (χ1v) is 9.80. The quantitative estimate of drug-likeness (QED) is 0.603. The number of fused-ring (bicyclic) bond motifs is 1. The molecule has 0 aromatic heterocycles. The Balaban J connectivity index is 1.54. The van der Waals surface area contributed by atoms with Crippen molar-refractivity contribution in [2.24, 2.45) is 10.9 Å². The molecule has 1 unspecified atom stereocenters. The lowest BCUT2D eigenvalue weighted by molar-refractivity contribution is 0.141. The van der Waals surface area contributed by atoms with Crippen LogP contribution in [0.3, 0.4) is 0 Å². The van der Waals surface area contributed by atoms with E-state index in [9.17, 15) is 0 Å². The zero-order valence-corrected chi connectivity index (χ0v) is 16.3. The Morgan fingerprint density at radius 2 is 2.12 bits per heavy atom. The largest absolute Gasteiger partial charge is 0.454 e. The second kappa shape index (κ2) is 9.12. The van der Waals surface area contributed by atoms with E-state index in [0.717, 1.165) is 36.1 Å². The molecule has 1 aromatic carbocycles. The number of piperidine rings is 1. The highest BCUT2D eigenvalue weighted by Crippen LogP contribution is 2.32. The molecule has 0 radical (unpaired) electrons. The van der Waals surface area contributed by atoms with Gasteiger partial charge < -0.3 is 25.0 Å². The van der Waals surface area contributed by atoms with Crippen molar-refractivity contribution < 1.29 is 9.47 Å². The minimum absolute atomic E-state index is 0.307. The average Bonchev–Trinajstić information content (AvgIpc) is 3.12. The fraction of sp³-hybridized carbons (Fsp3) is 0.650. The Labute approximate surface area is 157 Å². The molecular formula is C20H32N4O2. The summed E-state index contributed by atoms with van der Waals surface area (Å²) in [6.45, 7) is 11.8. The third kappa shape index (κ3) is 5.04. The Morgan fingerprint density at radius 3 is 2.92 bits per heavy atom. The standard InChI is InChI=1S/C20H32N4O2/c1-4-21-20(23-12-17-6-5-9-24(13-17)15(2)3)22-11-16-7-8-18-19(10-16)26-14-25-18/h7-8,10,15,17H,4-6,9,11-14H2,1-3H3,(H2,21,22,23). The maximum atomic E-state index is 5.44. The molecule has 0 saturated carbocycles. The van der Waals surface area contributed by atoms with Gasteiger partial charge in [-0.15, -0.1) is 0 Å². The Kier molecular flexibility index (Phi) is 6.61. The van der Waals surface area contributed by atoms with Crippen LogP contribution < -0.4 is 20.1 Å². The highest BCUT2D eigenvalue weighted by molar-refractivity contribution is 5.79. The second-order valence-corrected chi connectivity index (χ2v) is 7.36. The summed E-state index contributed by atoms with van der Waals surface area (Å²) in [5.41, 5.74) is 1.12. The van der Waals surface area contributed by atoms with Gasteiger partial charge >= 0.3 is 0 Å². The third-order valence-corrected chi connectivity index (χ3v) is 5.04. The summed E-state index contributed by atoms with van der Waals surface area (Å²) in [7, 11) is 0. The van der Waals surface area contributed by atoms with Crippen LogP contribution in [0.1, 0.15) is 39.2 Å². The van der Waals surface area contributed by atoms with Crippen LogP contribution in [0.4, 0.5) is 0 Å². The van der Waals surface area contributed by atoms with Gasteiger partial charge in [0, 0.05) is 25.7 Å². The summed E-state index contributed by atoms with van der Waals surface area (Å²) >= 11 is 0. The summed E-state index contributed by atoms with van der Waals surface area (Å²) in [4.78, 5) is 7.31. The van der Waals surface area contributed by atoms with Crippen molar-refractivity contribution >= 4 is 5.96 Å². The number of aliphatic imine (C=N–C) groups is 1. The molecule has 2 aliphatic rings. The number of guanidine groups is 1. The van der Waals surface area contributed by atoms with Gasteiger partial charge in [0.05, 0.1) is 6.54 Å². The summed E-state index contributed by atoms with van der Waals surface area (Å²) in [5.74, 6) is 3.19. The number of nitrogens with zero attached hydrogens (tertiary/aromatic N) is 2. The van der Waals surface area contributed by atoms with Gasteiger partial charge in [-0.3, -0.25) is 0 Å². The van der Waals surface area contributed by atoms with Gasteiger partial charge in [0.1, 0.15) is 0 Å². The number of likely N-dealkylation sites (tertiary alicyclic amines) is 1. The van der Waals surface area contributed by atoms with E-state index >= 15 is 0 Å². The first kappa shape index (κ1) is 18.8. The average molecular weight is 361 g/mol. The van der Waals surface area contributed by atoms with Crippen molar-refractivity contribution in [1.29, 1.82) is 0 Å². The Bertz CT molecular complexity index is 618. The molecule has 2 aliphatic heterocycles. The molecule has 0 spiro atoms. The second-order valence-electron chi connectivity index (χ2n) is 7.36. The molecule has 3 rings (SSSR count). The van der Waals surface area contributed by atoms with E-state index in [1.165, 1.54) is 25.9 Å². The molecule has 1 saturated heterocycles. The van der Waals surface area contributed by atoms with Crippen LogP contribution in [-0.2, 0) is 6.54 Å². The number of rotatable bonds is 6. The number of benzene rings is 1. The van der Waals surface area contributed by atoms with Gasteiger partial charge in [0.2, 0.25) is 6.79 Å². The summed E-state index contributed by atoms with van der Waals surface area (Å²) < 4.78 is 10.8. The van der Waals surface area contributed by atoms with Crippen LogP contribution in [0.25, 0.3) is 0 Å². The van der Waals surface area contributed by atoms with E-state index in [1.54, 1.807) is 0 Å². The maximum absolute atomic E-state index is 5.44. The van der Waals surface area contributed by atoms with Crippen LogP contribution in [0.5, 0.6) is 11.5 Å². The molecule has 1 aromatic rings. The van der Waals surface area contributed by atoms with E-state index in [1.807, 2.05) is 18.2 Å².